The summed E-state index contributed by atoms with van der Waals surface area (Å²) in [5, 5.41) is 9.89. The number of ether oxygens (including phenoxy) is 1. The molecule has 3 nitrogen and oxygen atoms in total. The second kappa shape index (κ2) is 4.63. The van der Waals surface area contributed by atoms with Crippen LogP contribution in [0.3, 0.4) is 0 Å². The van der Waals surface area contributed by atoms with E-state index in [4.69, 9.17) is 10.5 Å². The van der Waals surface area contributed by atoms with E-state index in [0.717, 1.165) is 11.1 Å². The lowest BCUT2D eigenvalue weighted by Gasteiger charge is -2.22. The third-order valence-electron chi connectivity index (χ3n) is 2.38. The highest BCUT2D eigenvalue weighted by molar-refractivity contribution is 9.10. The monoisotopic (exact) mass is 287 g/mol. The van der Waals surface area contributed by atoms with Crippen molar-refractivity contribution in [2.24, 2.45) is 5.73 Å². The smallest absolute Gasteiger partial charge is 0.172 e. The highest BCUT2D eigenvalue weighted by atomic mass is 79.9. The van der Waals surface area contributed by atoms with Crippen LogP contribution in [0.25, 0.3) is 0 Å². The summed E-state index contributed by atoms with van der Waals surface area (Å²) < 4.78 is 5.75. The van der Waals surface area contributed by atoms with Crippen LogP contribution in [0.5, 0.6) is 11.5 Å². The molecule has 4 heteroatoms. The van der Waals surface area contributed by atoms with Gasteiger partial charge in [0, 0.05) is 5.54 Å². The minimum absolute atomic E-state index is 0.132. The Balaban J connectivity index is 3.26. The molecule has 0 unspecified atom stereocenters. The van der Waals surface area contributed by atoms with Crippen LogP contribution < -0.4 is 10.5 Å². The van der Waals surface area contributed by atoms with Crippen molar-refractivity contribution in [3.8, 4) is 11.5 Å². The summed E-state index contributed by atoms with van der Waals surface area (Å²) in [6, 6.07) is 1.82. The lowest BCUT2D eigenvalue weighted by molar-refractivity contribution is 0.370. The predicted molar refractivity (Wildman–Crippen MR) is 69.1 cm³/mol. The molecule has 0 aliphatic heterocycles. The molecule has 0 saturated heterocycles. The van der Waals surface area contributed by atoms with Gasteiger partial charge in [-0.05, 0) is 60.3 Å². The van der Waals surface area contributed by atoms with E-state index >= 15 is 0 Å². The fourth-order valence-electron chi connectivity index (χ4n) is 1.60. The fourth-order valence-corrected chi connectivity index (χ4v) is 2.25. The summed E-state index contributed by atoms with van der Waals surface area (Å²) in [6.45, 7) is 5.90. The van der Waals surface area contributed by atoms with E-state index in [9.17, 15) is 5.11 Å². The molecule has 0 spiro atoms. The topological polar surface area (TPSA) is 55.5 Å². The molecule has 0 aromatic heterocycles. The van der Waals surface area contributed by atoms with Gasteiger partial charge in [0.25, 0.3) is 0 Å². The van der Waals surface area contributed by atoms with Gasteiger partial charge in [0.05, 0.1) is 11.6 Å². The van der Waals surface area contributed by atoms with E-state index in [-0.39, 0.29) is 11.3 Å². The minimum Gasteiger partial charge on any atom is -0.503 e. The first kappa shape index (κ1) is 13.3. The molecule has 0 radical (unpaired) electrons. The number of methoxy groups -OCH3 is 1. The molecule has 90 valence electrons. The zero-order valence-corrected chi connectivity index (χ0v) is 11.7. The van der Waals surface area contributed by atoms with Gasteiger partial charge in [0.15, 0.2) is 11.5 Å². The van der Waals surface area contributed by atoms with Crippen LogP contribution in [0.4, 0.5) is 0 Å². The average molecular weight is 288 g/mol. The van der Waals surface area contributed by atoms with E-state index in [1.807, 2.05) is 26.8 Å². The third-order valence-corrected chi connectivity index (χ3v) is 3.24. The first-order chi connectivity index (χ1) is 7.26. The summed E-state index contributed by atoms with van der Waals surface area (Å²) in [7, 11) is 1.54. The Morgan fingerprint density at radius 3 is 2.50 bits per heavy atom. The van der Waals surface area contributed by atoms with Crippen molar-refractivity contribution in [3.63, 3.8) is 0 Å². The van der Waals surface area contributed by atoms with E-state index in [1.54, 1.807) is 0 Å². The van der Waals surface area contributed by atoms with Gasteiger partial charge in [-0.2, -0.15) is 0 Å². The van der Waals surface area contributed by atoms with E-state index in [2.05, 4.69) is 15.9 Å². The van der Waals surface area contributed by atoms with Crippen molar-refractivity contribution in [1.82, 2.24) is 0 Å². The van der Waals surface area contributed by atoms with Crippen LogP contribution in [0, 0.1) is 6.92 Å². The summed E-state index contributed by atoms with van der Waals surface area (Å²) in [4.78, 5) is 0. The maximum atomic E-state index is 9.89. The SMILES string of the molecule is COc1cc(C)c(CC(C)(C)N)c(Br)c1O. The van der Waals surface area contributed by atoms with Crippen LogP contribution >= 0.6 is 15.9 Å². The minimum atomic E-state index is -0.311. The molecule has 1 aromatic carbocycles. The number of aromatic hydroxyl groups is 1. The Morgan fingerprint density at radius 2 is 2.06 bits per heavy atom. The number of nitrogens with two attached hydrogens (primary N) is 1. The molecule has 0 amide bonds. The van der Waals surface area contributed by atoms with Gasteiger partial charge in [-0.3, -0.25) is 0 Å². The van der Waals surface area contributed by atoms with Gasteiger partial charge in [0.1, 0.15) is 0 Å². The molecule has 0 atom stereocenters. The fraction of sp³-hybridized carbons (Fsp3) is 0.500. The molecule has 16 heavy (non-hydrogen) atoms. The van der Waals surface area contributed by atoms with Crippen molar-refractivity contribution >= 4 is 15.9 Å². The molecule has 0 saturated carbocycles. The van der Waals surface area contributed by atoms with Gasteiger partial charge in [-0.1, -0.05) is 0 Å². The summed E-state index contributed by atoms with van der Waals surface area (Å²) in [5.74, 6) is 0.607. The van der Waals surface area contributed by atoms with E-state index < -0.39 is 0 Å². The Labute approximate surface area is 105 Å². The number of phenolic OH excluding ortho intramolecular Hbond substituents is 1. The number of aryl methyl sites for hydroxylation is 1. The molecule has 0 aliphatic carbocycles. The summed E-state index contributed by atoms with van der Waals surface area (Å²) in [5.41, 5.74) is 7.76. The molecule has 1 rings (SSSR count). The van der Waals surface area contributed by atoms with Gasteiger partial charge >= 0.3 is 0 Å². The molecule has 0 heterocycles. The summed E-state index contributed by atoms with van der Waals surface area (Å²) >= 11 is 3.39. The first-order valence-corrected chi connectivity index (χ1v) is 5.89. The Morgan fingerprint density at radius 1 is 1.50 bits per heavy atom. The molecule has 1 aromatic rings. The van der Waals surface area contributed by atoms with E-state index in [1.165, 1.54) is 7.11 Å². The van der Waals surface area contributed by atoms with Crippen molar-refractivity contribution in [2.45, 2.75) is 32.7 Å². The highest BCUT2D eigenvalue weighted by Gasteiger charge is 2.19. The number of rotatable bonds is 3. The van der Waals surface area contributed by atoms with Gasteiger partial charge < -0.3 is 15.6 Å². The maximum absolute atomic E-state index is 9.89. The number of benzene rings is 1. The molecular weight excluding hydrogens is 270 g/mol. The number of phenols is 1. The molecule has 0 aliphatic rings. The van der Waals surface area contributed by atoms with Gasteiger partial charge in [-0.25, -0.2) is 0 Å². The van der Waals surface area contributed by atoms with Crippen molar-refractivity contribution < 1.29 is 9.84 Å². The Kier molecular flexibility index (Phi) is 3.86. The van der Waals surface area contributed by atoms with E-state index in [0.29, 0.717) is 16.6 Å². The number of hydrogen-bond donors (Lipinski definition) is 2. The van der Waals surface area contributed by atoms with Gasteiger partial charge in [0.2, 0.25) is 0 Å². The second-order valence-electron chi connectivity index (χ2n) is 4.70. The average Bonchev–Trinajstić information content (AvgIpc) is 2.17. The number of halogens is 1. The highest BCUT2D eigenvalue weighted by Crippen LogP contribution is 2.39. The van der Waals surface area contributed by atoms with Crippen LogP contribution in [0.1, 0.15) is 25.0 Å². The molecule has 0 bridgehead atoms. The molecular formula is C12H18BrNO2. The predicted octanol–water partition coefficient (Wildman–Crippen LogP) is 2.75. The third kappa shape index (κ3) is 2.89. The largest absolute Gasteiger partial charge is 0.503 e. The van der Waals surface area contributed by atoms with Crippen LogP contribution in [0.2, 0.25) is 0 Å². The lowest BCUT2D eigenvalue weighted by atomic mass is 9.93. The molecule has 3 N–H and O–H groups in total. The second-order valence-corrected chi connectivity index (χ2v) is 5.50. The van der Waals surface area contributed by atoms with Crippen molar-refractivity contribution in [2.75, 3.05) is 7.11 Å². The Bertz CT molecular complexity index is 397. The van der Waals surface area contributed by atoms with Crippen LogP contribution in [-0.2, 0) is 6.42 Å². The van der Waals surface area contributed by atoms with Crippen LogP contribution in [0.15, 0.2) is 10.5 Å². The first-order valence-electron chi connectivity index (χ1n) is 5.10. The maximum Gasteiger partial charge on any atom is 0.172 e. The normalized spacial score (nSPS) is 11.6. The van der Waals surface area contributed by atoms with Gasteiger partial charge in [-0.15, -0.1) is 0 Å². The zero-order valence-electron chi connectivity index (χ0n) is 10.1. The van der Waals surface area contributed by atoms with Crippen molar-refractivity contribution in [1.29, 1.82) is 0 Å². The van der Waals surface area contributed by atoms with Crippen LogP contribution in [-0.4, -0.2) is 17.8 Å². The summed E-state index contributed by atoms with van der Waals surface area (Å²) in [6.07, 6.45) is 0.691. The quantitative estimate of drug-likeness (QED) is 0.899. The molecule has 0 fully saturated rings. The lowest BCUT2D eigenvalue weighted by Crippen LogP contribution is -2.34. The van der Waals surface area contributed by atoms with Crippen molar-refractivity contribution in [3.05, 3.63) is 21.7 Å². The standard InChI is InChI=1S/C12H18BrNO2/c1-7-5-9(16-4)11(15)10(13)8(7)6-12(2,3)14/h5,15H,6,14H2,1-4H3. The Hall–Kier alpha value is -0.740. The zero-order chi connectivity index (χ0) is 12.5. The number of hydrogen-bond acceptors (Lipinski definition) is 3.